The van der Waals surface area contributed by atoms with Crippen LogP contribution in [0.25, 0.3) is 0 Å². The van der Waals surface area contributed by atoms with Crippen molar-refractivity contribution in [2.75, 3.05) is 97.4 Å². The van der Waals surface area contributed by atoms with E-state index < -0.39 is 6.09 Å². The number of hydrogen-bond acceptors (Lipinski definition) is 10. The second-order valence-electron chi connectivity index (χ2n) is 10.1. The molecule has 0 radical (unpaired) electrons. The van der Waals surface area contributed by atoms with Crippen molar-refractivity contribution in [1.82, 2.24) is 5.32 Å². The lowest BCUT2D eigenvalue weighted by Gasteiger charge is -2.29. The molecule has 0 spiro atoms. The number of rotatable bonds is 13. The number of ether oxygens (including phenoxy) is 8. The fourth-order valence-electron chi connectivity index (χ4n) is 4.34. The molecule has 2 fully saturated rings. The van der Waals surface area contributed by atoms with Gasteiger partial charge in [0.1, 0.15) is 12.7 Å². The minimum absolute atomic E-state index is 0.110. The first kappa shape index (κ1) is 35.5. The largest absolute Gasteiger partial charge is 0.447 e. The van der Waals surface area contributed by atoms with Crippen LogP contribution >= 0.6 is 11.8 Å². The molecule has 10 nitrogen and oxygen atoms in total. The van der Waals surface area contributed by atoms with Gasteiger partial charge < -0.3 is 43.2 Å². The molecule has 236 valence electrons. The van der Waals surface area contributed by atoms with Gasteiger partial charge in [-0.15, -0.1) is 0 Å². The average molecular weight is 594 g/mol. The molecule has 1 aliphatic heterocycles. The molecule has 1 heterocycles. The van der Waals surface area contributed by atoms with E-state index in [9.17, 15) is 4.79 Å². The highest BCUT2D eigenvalue weighted by atomic mass is 32.2. The van der Waals surface area contributed by atoms with E-state index in [1.807, 2.05) is 0 Å². The molecule has 1 amide bonds. The van der Waals surface area contributed by atoms with E-state index in [2.05, 4.69) is 24.0 Å². The maximum atomic E-state index is 12.4. The first-order valence-electron chi connectivity index (χ1n) is 15.4. The highest BCUT2D eigenvalue weighted by Gasteiger charge is 2.24. The van der Waals surface area contributed by atoms with Gasteiger partial charge in [0, 0.05) is 12.6 Å². The molecule has 1 saturated heterocycles. The molecule has 1 aliphatic carbocycles. The number of carbonyl (C=O) groups excluding carboxylic acids is 1. The lowest BCUT2D eigenvalue weighted by molar-refractivity contribution is -0.0756. The maximum Gasteiger partial charge on any atom is 0.407 e. The van der Waals surface area contributed by atoms with Crippen LogP contribution in [-0.4, -0.2) is 122 Å². The number of unbranched alkanes of at least 4 members (excludes halogenated alkanes) is 3. The van der Waals surface area contributed by atoms with Gasteiger partial charge in [-0.25, -0.2) is 4.79 Å². The van der Waals surface area contributed by atoms with Gasteiger partial charge in [0.05, 0.1) is 78.8 Å². The number of hydrogen-bond donors (Lipinski definition) is 1. The SMILES string of the molecule is CCCCSCCCCCOC1CCC(NC(=O)OCC2COCCOCCOCCOCCOCCO2)CC1. The Morgan fingerprint density at radius 1 is 0.750 bits per heavy atom. The Bertz CT molecular complexity index is 564. The number of amides is 1. The first-order valence-corrected chi connectivity index (χ1v) is 16.6. The fraction of sp³-hybridized carbons (Fsp3) is 0.966. The van der Waals surface area contributed by atoms with Gasteiger partial charge in [-0.2, -0.15) is 11.8 Å². The van der Waals surface area contributed by atoms with Gasteiger partial charge in [-0.3, -0.25) is 0 Å². The molecule has 1 atom stereocenters. The van der Waals surface area contributed by atoms with Crippen LogP contribution in [0.4, 0.5) is 4.79 Å². The Labute approximate surface area is 246 Å². The van der Waals surface area contributed by atoms with E-state index in [1.165, 1.54) is 37.2 Å². The van der Waals surface area contributed by atoms with Crippen molar-refractivity contribution < 1.29 is 42.7 Å². The van der Waals surface area contributed by atoms with Crippen molar-refractivity contribution in [1.29, 1.82) is 0 Å². The summed E-state index contributed by atoms with van der Waals surface area (Å²) < 4.78 is 45.0. The molecule has 1 N–H and O–H groups in total. The molecule has 0 bridgehead atoms. The zero-order valence-electron chi connectivity index (χ0n) is 24.8. The minimum Gasteiger partial charge on any atom is -0.447 e. The van der Waals surface area contributed by atoms with Crippen LogP contribution in [0.3, 0.4) is 0 Å². The van der Waals surface area contributed by atoms with Crippen LogP contribution in [0.2, 0.25) is 0 Å². The average Bonchev–Trinajstić information content (AvgIpc) is 2.96. The summed E-state index contributed by atoms with van der Waals surface area (Å²) in [7, 11) is 0. The number of alkyl carbamates (subject to hydrolysis) is 1. The second-order valence-corrected chi connectivity index (χ2v) is 11.4. The highest BCUT2D eigenvalue weighted by molar-refractivity contribution is 7.99. The summed E-state index contributed by atoms with van der Waals surface area (Å²) in [5.74, 6) is 2.56. The quantitative estimate of drug-likeness (QED) is 0.312. The fourth-order valence-corrected chi connectivity index (χ4v) is 5.45. The molecule has 1 unspecified atom stereocenters. The third-order valence-electron chi connectivity index (χ3n) is 6.70. The molecule has 11 heteroatoms. The number of carbonyl (C=O) groups is 1. The summed E-state index contributed by atoms with van der Waals surface area (Å²) in [5, 5.41) is 3.01. The summed E-state index contributed by atoms with van der Waals surface area (Å²) in [6, 6.07) is 0.117. The van der Waals surface area contributed by atoms with E-state index in [0.717, 1.165) is 38.7 Å². The van der Waals surface area contributed by atoms with Gasteiger partial charge in [0.15, 0.2) is 0 Å². The van der Waals surface area contributed by atoms with Gasteiger partial charge in [0.2, 0.25) is 0 Å². The second kappa shape index (κ2) is 26.0. The van der Waals surface area contributed by atoms with Gasteiger partial charge in [0.25, 0.3) is 0 Å². The Kier molecular flexibility index (Phi) is 23.1. The summed E-state index contributed by atoms with van der Waals surface area (Å²) in [4.78, 5) is 12.4. The monoisotopic (exact) mass is 593 g/mol. The Balaban J connectivity index is 1.54. The lowest BCUT2D eigenvalue weighted by Crippen LogP contribution is -2.40. The van der Waals surface area contributed by atoms with Crippen molar-refractivity contribution >= 4 is 17.9 Å². The predicted octanol–water partition coefficient (Wildman–Crippen LogP) is 4.23. The van der Waals surface area contributed by atoms with E-state index >= 15 is 0 Å². The van der Waals surface area contributed by atoms with Crippen molar-refractivity contribution in [3.8, 4) is 0 Å². The van der Waals surface area contributed by atoms with Crippen LogP contribution in [0, 0.1) is 0 Å². The smallest absolute Gasteiger partial charge is 0.407 e. The van der Waals surface area contributed by atoms with Crippen LogP contribution in [0.15, 0.2) is 0 Å². The van der Waals surface area contributed by atoms with Gasteiger partial charge in [-0.05, 0) is 56.5 Å². The summed E-state index contributed by atoms with van der Waals surface area (Å²) in [5.41, 5.74) is 0. The first-order chi connectivity index (χ1) is 19.8. The molecule has 0 aromatic rings. The molecular formula is C29H55NO9S. The van der Waals surface area contributed by atoms with E-state index in [4.69, 9.17) is 37.9 Å². The van der Waals surface area contributed by atoms with Crippen molar-refractivity contribution in [2.24, 2.45) is 0 Å². The lowest BCUT2D eigenvalue weighted by atomic mass is 9.93. The van der Waals surface area contributed by atoms with Crippen molar-refractivity contribution in [3.63, 3.8) is 0 Å². The highest BCUT2D eigenvalue weighted by Crippen LogP contribution is 2.22. The Morgan fingerprint density at radius 2 is 1.35 bits per heavy atom. The zero-order chi connectivity index (χ0) is 28.4. The molecule has 2 aliphatic rings. The third kappa shape index (κ3) is 20.3. The summed E-state index contributed by atoms with van der Waals surface area (Å²) >= 11 is 2.07. The molecular weight excluding hydrogens is 538 g/mol. The van der Waals surface area contributed by atoms with Crippen LogP contribution < -0.4 is 5.32 Å². The molecule has 40 heavy (non-hydrogen) atoms. The Hall–Kier alpha value is -0.660. The normalized spacial score (nSPS) is 25.0. The number of thioether (sulfide) groups is 1. The summed E-state index contributed by atoms with van der Waals surface area (Å²) in [6.07, 6.45) is 9.51. The molecule has 2 rings (SSSR count). The van der Waals surface area contributed by atoms with E-state index in [0.29, 0.717) is 78.8 Å². The van der Waals surface area contributed by atoms with Crippen LogP contribution in [0.5, 0.6) is 0 Å². The standard InChI is InChI=1S/C29H55NO9S/c1-2-3-22-40-23-6-4-5-11-37-27-9-7-26(8-10-27)30-29(31)39-25-28-24-36-19-18-34-15-14-32-12-13-33-16-17-35-20-21-38-28/h26-28H,2-25H2,1H3,(H,30,31). The number of nitrogens with one attached hydrogen (secondary N) is 1. The van der Waals surface area contributed by atoms with Gasteiger partial charge >= 0.3 is 6.09 Å². The van der Waals surface area contributed by atoms with Crippen LogP contribution in [0.1, 0.15) is 64.7 Å². The zero-order valence-corrected chi connectivity index (χ0v) is 25.6. The molecule has 0 aromatic carbocycles. The summed E-state index contributed by atoms with van der Waals surface area (Å²) in [6.45, 7) is 8.25. The van der Waals surface area contributed by atoms with Crippen LogP contribution in [-0.2, 0) is 37.9 Å². The third-order valence-corrected chi connectivity index (χ3v) is 7.85. The predicted molar refractivity (Wildman–Crippen MR) is 156 cm³/mol. The minimum atomic E-state index is -0.416. The van der Waals surface area contributed by atoms with E-state index in [1.54, 1.807) is 0 Å². The molecule has 0 aromatic heterocycles. The molecule has 1 saturated carbocycles. The maximum absolute atomic E-state index is 12.4. The van der Waals surface area contributed by atoms with Crippen molar-refractivity contribution in [3.05, 3.63) is 0 Å². The topological polar surface area (TPSA) is 103 Å². The Morgan fingerprint density at radius 3 is 2.00 bits per heavy atom. The van der Waals surface area contributed by atoms with Gasteiger partial charge in [-0.1, -0.05) is 19.8 Å². The van der Waals surface area contributed by atoms with E-state index in [-0.39, 0.29) is 18.8 Å². The van der Waals surface area contributed by atoms with Crippen molar-refractivity contribution in [2.45, 2.75) is 83.0 Å².